The highest BCUT2D eigenvalue weighted by Crippen LogP contribution is 2.25. The molecule has 1 heterocycles. The van der Waals surface area contributed by atoms with Gasteiger partial charge in [0, 0.05) is 22.3 Å². The second-order valence-corrected chi connectivity index (χ2v) is 4.86. The lowest BCUT2D eigenvalue weighted by molar-refractivity contribution is -0.384. The molecule has 1 amide bonds. The molecule has 0 saturated carbocycles. The maximum absolute atomic E-state index is 12.0. The van der Waals surface area contributed by atoms with Crippen LogP contribution in [0.25, 0.3) is 0 Å². The van der Waals surface area contributed by atoms with Gasteiger partial charge in [-0.25, -0.2) is 4.98 Å². The quantitative estimate of drug-likeness (QED) is 0.441. The molecule has 0 radical (unpaired) electrons. The van der Waals surface area contributed by atoms with E-state index in [0.717, 1.165) is 10.5 Å². The fourth-order valence-corrected chi connectivity index (χ4v) is 1.82. The van der Waals surface area contributed by atoms with Crippen molar-refractivity contribution in [3.8, 4) is 0 Å². The average molecular weight is 352 g/mol. The van der Waals surface area contributed by atoms with E-state index in [0.29, 0.717) is 5.82 Å². The van der Waals surface area contributed by atoms with Crippen LogP contribution in [-0.2, 0) is 0 Å². The number of amides is 1. The third kappa shape index (κ3) is 3.52. The van der Waals surface area contributed by atoms with Crippen molar-refractivity contribution in [3.63, 3.8) is 0 Å². The van der Waals surface area contributed by atoms with Crippen LogP contribution in [0.1, 0.15) is 10.4 Å². The number of nitrogens with zero attached hydrogens (tertiary/aromatic N) is 2. The number of nitro benzene ring substituents is 1. The SMILES string of the molecule is NNc1ccc(C(=O)Nc2ccc(Br)cn2)cc1[N+](=O)[O-]. The van der Waals surface area contributed by atoms with Crippen LogP contribution in [-0.4, -0.2) is 15.8 Å². The highest BCUT2D eigenvalue weighted by molar-refractivity contribution is 9.10. The monoisotopic (exact) mass is 351 g/mol. The highest BCUT2D eigenvalue weighted by atomic mass is 79.9. The van der Waals surface area contributed by atoms with Crippen molar-refractivity contribution < 1.29 is 9.72 Å². The topological polar surface area (TPSA) is 123 Å². The van der Waals surface area contributed by atoms with E-state index in [1.165, 1.54) is 18.3 Å². The van der Waals surface area contributed by atoms with E-state index in [1.54, 1.807) is 12.1 Å². The van der Waals surface area contributed by atoms with Gasteiger partial charge in [-0.3, -0.25) is 20.8 Å². The lowest BCUT2D eigenvalue weighted by Crippen LogP contribution is -2.14. The number of nitrogens with one attached hydrogen (secondary N) is 2. The van der Waals surface area contributed by atoms with E-state index in [9.17, 15) is 14.9 Å². The molecule has 1 aromatic heterocycles. The Bertz CT molecular complexity index is 690. The summed E-state index contributed by atoms with van der Waals surface area (Å²) in [5.74, 6) is 5.02. The molecule has 0 atom stereocenters. The number of hydrazine groups is 1. The molecular weight excluding hydrogens is 342 g/mol. The third-order valence-electron chi connectivity index (χ3n) is 2.58. The summed E-state index contributed by atoms with van der Waals surface area (Å²) in [6, 6.07) is 7.25. The normalized spacial score (nSPS) is 10.0. The Morgan fingerprint density at radius 2 is 2.10 bits per heavy atom. The average Bonchev–Trinajstić information content (AvgIpc) is 2.48. The Balaban J connectivity index is 2.25. The first-order valence-corrected chi connectivity index (χ1v) is 6.48. The zero-order chi connectivity index (χ0) is 15.4. The number of halogens is 1. The first-order valence-electron chi connectivity index (χ1n) is 5.69. The first-order chi connectivity index (χ1) is 10.0. The van der Waals surface area contributed by atoms with E-state index in [1.807, 2.05) is 0 Å². The molecular formula is C12H10BrN5O3. The summed E-state index contributed by atoms with van der Waals surface area (Å²) >= 11 is 3.23. The molecule has 2 aromatic rings. The Morgan fingerprint density at radius 1 is 1.33 bits per heavy atom. The standard InChI is InChI=1S/C12H10BrN5O3/c13-8-2-4-11(15-6-8)16-12(19)7-1-3-9(17-14)10(5-7)18(20)21/h1-6,17H,14H2,(H,15,16,19). The van der Waals surface area contributed by atoms with Crippen molar-refractivity contribution in [2.24, 2.45) is 5.84 Å². The van der Waals surface area contributed by atoms with Gasteiger partial charge in [0.15, 0.2) is 0 Å². The van der Waals surface area contributed by atoms with E-state index in [-0.39, 0.29) is 16.9 Å². The fraction of sp³-hybridized carbons (Fsp3) is 0. The number of hydrogen-bond donors (Lipinski definition) is 3. The van der Waals surface area contributed by atoms with Gasteiger partial charge in [0.25, 0.3) is 11.6 Å². The van der Waals surface area contributed by atoms with Crippen LogP contribution in [0.2, 0.25) is 0 Å². The zero-order valence-electron chi connectivity index (χ0n) is 10.5. The van der Waals surface area contributed by atoms with Gasteiger partial charge in [-0.05, 0) is 40.2 Å². The van der Waals surface area contributed by atoms with Crippen LogP contribution >= 0.6 is 15.9 Å². The second-order valence-electron chi connectivity index (χ2n) is 3.95. The van der Waals surface area contributed by atoms with Crippen molar-refractivity contribution in [3.05, 3.63) is 56.7 Å². The minimum atomic E-state index is -0.621. The van der Waals surface area contributed by atoms with Crippen LogP contribution in [0.4, 0.5) is 17.2 Å². The number of rotatable bonds is 4. The van der Waals surface area contributed by atoms with Crippen molar-refractivity contribution >= 4 is 39.0 Å². The summed E-state index contributed by atoms with van der Waals surface area (Å²) in [5, 5.41) is 13.5. The van der Waals surface area contributed by atoms with E-state index >= 15 is 0 Å². The molecule has 21 heavy (non-hydrogen) atoms. The summed E-state index contributed by atoms with van der Waals surface area (Å²) in [4.78, 5) is 26.3. The minimum absolute atomic E-state index is 0.123. The molecule has 2 rings (SSSR count). The Labute approximate surface area is 127 Å². The predicted molar refractivity (Wildman–Crippen MR) is 80.8 cm³/mol. The van der Waals surface area contributed by atoms with Crippen LogP contribution in [0.5, 0.6) is 0 Å². The number of anilines is 2. The van der Waals surface area contributed by atoms with Gasteiger partial charge in [0.2, 0.25) is 0 Å². The number of nitrogens with two attached hydrogens (primary N) is 1. The number of nitrogen functional groups attached to an aromatic ring is 1. The largest absolute Gasteiger partial charge is 0.318 e. The molecule has 8 nitrogen and oxygen atoms in total. The molecule has 0 aliphatic rings. The predicted octanol–water partition coefficient (Wildman–Crippen LogP) is 2.29. The van der Waals surface area contributed by atoms with Crippen molar-refractivity contribution in [2.45, 2.75) is 0 Å². The molecule has 0 aliphatic carbocycles. The van der Waals surface area contributed by atoms with Crippen molar-refractivity contribution in [1.29, 1.82) is 0 Å². The lowest BCUT2D eigenvalue weighted by atomic mass is 10.1. The second kappa shape index (κ2) is 6.29. The summed E-state index contributed by atoms with van der Waals surface area (Å²) < 4.78 is 0.773. The number of carbonyl (C=O) groups is 1. The summed E-state index contributed by atoms with van der Waals surface area (Å²) in [6.45, 7) is 0. The van der Waals surface area contributed by atoms with E-state index in [2.05, 4.69) is 31.7 Å². The van der Waals surface area contributed by atoms with Crippen LogP contribution < -0.4 is 16.6 Å². The zero-order valence-corrected chi connectivity index (χ0v) is 12.1. The van der Waals surface area contributed by atoms with Gasteiger partial charge >= 0.3 is 0 Å². The molecule has 0 aliphatic heterocycles. The van der Waals surface area contributed by atoms with Crippen LogP contribution in [0.3, 0.4) is 0 Å². The minimum Gasteiger partial charge on any atom is -0.318 e. The molecule has 0 fully saturated rings. The van der Waals surface area contributed by atoms with Gasteiger partial charge in [0.1, 0.15) is 11.5 Å². The highest BCUT2D eigenvalue weighted by Gasteiger charge is 2.17. The van der Waals surface area contributed by atoms with Gasteiger partial charge in [-0.1, -0.05) is 0 Å². The van der Waals surface area contributed by atoms with Gasteiger partial charge in [0.05, 0.1) is 4.92 Å². The molecule has 4 N–H and O–H groups in total. The Kier molecular flexibility index (Phi) is 4.45. The smallest absolute Gasteiger partial charge is 0.294 e. The number of aromatic nitrogens is 1. The Morgan fingerprint density at radius 3 is 2.67 bits per heavy atom. The van der Waals surface area contributed by atoms with Crippen molar-refractivity contribution in [2.75, 3.05) is 10.7 Å². The molecule has 0 spiro atoms. The number of hydrogen-bond acceptors (Lipinski definition) is 6. The summed E-state index contributed by atoms with van der Waals surface area (Å²) in [6.07, 6.45) is 1.53. The number of pyridine rings is 1. The molecule has 0 bridgehead atoms. The van der Waals surface area contributed by atoms with Gasteiger partial charge in [-0.15, -0.1) is 0 Å². The van der Waals surface area contributed by atoms with Gasteiger partial charge < -0.3 is 10.7 Å². The van der Waals surface area contributed by atoms with E-state index < -0.39 is 10.8 Å². The van der Waals surface area contributed by atoms with Crippen LogP contribution in [0.15, 0.2) is 41.0 Å². The number of carbonyl (C=O) groups excluding carboxylic acids is 1. The maximum Gasteiger partial charge on any atom is 0.294 e. The summed E-state index contributed by atoms with van der Waals surface area (Å²) in [7, 11) is 0. The lowest BCUT2D eigenvalue weighted by Gasteiger charge is -2.06. The fourth-order valence-electron chi connectivity index (χ4n) is 1.58. The summed E-state index contributed by atoms with van der Waals surface area (Å²) in [5.41, 5.74) is 2.18. The molecule has 0 unspecified atom stereocenters. The van der Waals surface area contributed by atoms with Gasteiger partial charge in [-0.2, -0.15) is 0 Å². The van der Waals surface area contributed by atoms with Crippen LogP contribution in [0, 0.1) is 10.1 Å². The van der Waals surface area contributed by atoms with Crippen molar-refractivity contribution in [1.82, 2.24) is 4.98 Å². The molecule has 1 aromatic carbocycles. The molecule has 0 saturated heterocycles. The van der Waals surface area contributed by atoms with E-state index in [4.69, 9.17) is 5.84 Å². The third-order valence-corrected chi connectivity index (χ3v) is 3.05. The maximum atomic E-state index is 12.0. The number of nitro groups is 1. The first kappa shape index (κ1) is 14.9. The number of benzene rings is 1. The molecule has 9 heteroatoms. The Hall–Kier alpha value is -2.52. The molecule has 108 valence electrons.